The highest BCUT2D eigenvalue weighted by Gasteiger charge is 2.25. The van der Waals surface area contributed by atoms with Crippen LogP contribution in [0.25, 0.3) is 100 Å². The molecule has 56 heavy (non-hydrogen) atoms. The smallest absolute Gasteiger partial charge is 0.164 e. The lowest BCUT2D eigenvalue weighted by Crippen LogP contribution is -2.06. The summed E-state index contributed by atoms with van der Waals surface area (Å²) < 4.78 is 9.01. The van der Waals surface area contributed by atoms with E-state index in [4.69, 9.17) is 19.4 Å². The summed E-state index contributed by atoms with van der Waals surface area (Å²) in [6.45, 7) is 0. The maximum atomic E-state index is 6.52. The fourth-order valence-electron chi connectivity index (χ4n) is 8.31. The molecule has 1 aliphatic rings. The van der Waals surface area contributed by atoms with E-state index in [-0.39, 0.29) is 0 Å². The molecule has 11 rings (SSSR count). The Morgan fingerprint density at radius 2 is 1.05 bits per heavy atom. The molecule has 5 heteroatoms. The molecule has 0 aliphatic heterocycles. The van der Waals surface area contributed by atoms with Crippen LogP contribution in [0.2, 0.25) is 0 Å². The number of para-hydroxylation sites is 2. The van der Waals surface area contributed by atoms with E-state index in [1.54, 1.807) is 0 Å². The fourth-order valence-corrected chi connectivity index (χ4v) is 8.31. The topological polar surface area (TPSA) is 56.7 Å². The first kappa shape index (κ1) is 32.1. The monoisotopic (exact) mass is 718 g/mol. The van der Waals surface area contributed by atoms with Gasteiger partial charge in [-0.3, -0.25) is 0 Å². The van der Waals surface area contributed by atoms with Gasteiger partial charge in [-0.05, 0) is 60.4 Å². The maximum Gasteiger partial charge on any atom is 0.164 e. The molecular formula is C51H34N4O. The van der Waals surface area contributed by atoms with Gasteiger partial charge >= 0.3 is 0 Å². The van der Waals surface area contributed by atoms with E-state index in [1.165, 1.54) is 16.3 Å². The summed E-state index contributed by atoms with van der Waals surface area (Å²) in [6, 6.07) is 57.1. The number of fused-ring (bicyclic) bond motifs is 7. The summed E-state index contributed by atoms with van der Waals surface area (Å²) in [7, 11) is 0. The molecule has 0 bridgehead atoms. The van der Waals surface area contributed by atoms with E-state index in [2.05, 4.69) is 144 Å². The zero-order valence-electron chi connectivity index (χ0n) is 30.4. The number of rotatable bonds is 6. The summed E-state index contributed by atoms with van der Waals surface area (Å²) >= 11 is 0. The van der Waals surface area contributed by atoms with Crippen molar-refractivity contribution < 1.29 is 4.42 Å². The molecule has 5 nitrogen and oxygen atoms in total. The first-order chi connectivity index (χ1) is 27.8. The van der Waals surface area contributed by atoms with Crippen molar-refractivity contribution in [2.75, 3.05) is 0 Å². The number of benzene rings is 7. The minimum absolute atomic E-state index is 0.619. The Balaban J connectivity index is 1.29. The Hall–Kier alpha value is -7.37. The average Bonchev–Trinajstić information content (AvgIpc) is 3.83. The number of allylic oxidation sites excluding steroid dienone is 4. The molecule has 0 unspecified atom stereocenters. The Bertz CT molecular complexity index is 3120. The van der Waals surface area contributed by atoms with E-state index in [9.17, 15) is 0 Å². The lowest BCUT2D eigenvalue weighted by atomic mass is 9.90. The lowest BCUT2D eigenvalue weighted by Gasteiger charge is -2.22. The van der Waals surface area contributed by atoms with Gasteiger partial charge in [0.25, 0.3) is 0 Å². The normalized spacial score (nSPS) is 12.9. The molecule has 7 aromatic carbocycles. The molecule has 264 valence electrons. The van der Waals surface area contributed by atoms with E-state index in [0.717, 1.165) is 84.9 Å². The van der Waals surface area contributed by atoms with E-state index in [0.29, 0.717) is 17.5 Å². The van der Waals surface area contributed by atoms with Crippen LogP contribution >= 0.6 is 0 Å². The van der Waals surface area contributed by atoms with E-state index in [1.807, 2.05) is 42.5 Å². The summed E-state index contributed by atoms with van der Waals surface area (Å²) in [5, 5.41) is 4.57. The molecule has 0 amide bonds. The van der Waals surface area contributed by atoms with Crippen molar-refractivity contribution in [1.29, 1.82) is 0 Å². The second-order valence-corrected chi connectivity index (χ2v) is 14.2. The Morgan fingerprint density at radius 1 is 0.464 bits per heavy atom. The van der Waals surface area contributed by atoms with E-state index < -0.39 is 0 Å². The first-order valence-electron chi connectivity index (χ1n) is 19.1. The quantitative estimate of drug-likeness (QED) is 0.172. The zero-order valence-corrected chi connectivity index (χ0v) is 30.4. The third-order valence-corrected chi connectivity index (χ3v) is 10.9. The maximum absolute atomic E-state index is 6.52. The van der Waals surface area contributed by atoms with Crippen LogP contribution in [0.1, 0.15) is 18.4 Å². The lowest BCUT2D eigenvalue weighted by molar-refractivity contribution is 0.669. The van der Waals surface area contributed by atoms with Gasteiger partial charge in [-0.1, -0.05) is 146 Å². The van der Waals surface area contributed by atoms with Crippen molar-refractivity contribution in [3.8, 4) is 51.0 Å². The largest absolute Gasteiger partial charge is 0.456 e. The van der Waals surface area contributed by atoms with Crippen LogP contribution in [0.15, 0.2) is 186 Å². The SMILES string of the molecule is C1=CC(c2cc(-c3nc(-c4ccccc4)nc(-c4ccccc4)n3)cc(-c3ccccc3)c2-n2c3ccccc3c3ccc4oc5ccccc5c4c32)=CCC1. The Morgan fingerprint density at radius 3 is 1.73 bits per heavy atom. The molecule has 1 aliphatic carbocycles. The van der Waals surface area contributed by atoms with Gasteiger partial charge in [0.2, 0.25) is 0 Å². The van der Waals surface area contributed by atoms with Crippen molar-refractivity contribution in [2.24, 2.45) is 0 Å². The van der Waals surface area contributed by atoms with Gasteiger partial charge in [-0.15, -0.1) is 0 Å². The van der Waals surface area contributed by atoms with Crippen LogP contribution in [-0.2, 0) is 0 Å². The highest BCUT2D eigenvalue weighted by atomic mass is 16.3. The summed E-state index contributed by atoms with van der Waals surface area (Å²) in [5.41, 5.74) is 12.3. The van der Waals surface area contributed by atoms with Crippen LogP contribution in [-0.4, -0.2) is 19.5 Å². The fraction of sp³-hybridized carbons (Fsp3) is 0.0392. The Kier molecular flexibility index (Phi) is 7.56. The second kappa shape index (κ2) is 13.2. The summed E-state index contributed by atoms with van der Waals surface area (Å²) in [5.74, 6) is 1.89. The molecule has 3 heterocycles. The zero-order chi connectivity index (χ0) is 37.0. The van der Waals surface area contributed by atoms with E-state index >= 15 is 0 Å². The number of furan rings is 1. The third-order valence-electron chi connectivity index (χ3n) is 10.9. The van der Waals surface area contributed by atoms with Crippen molar-refractivity contribution in [1.82, 2.24) is 19.5 Å². The van der Waals surface area contributed by atoms with Crippen LogP contribution in [0, 0.1) is 0 Å². The van der Waals surface area contributed by atoms with Crippen molar-refractivity contribution in [3.05, 3.63) is 188 Å². The third kappa shape index (κ3) is 5.28. The molecule has 0 spiro atoms. The van der Waals surface area contributed by atoms with Crippen molar-refractivity contribution >= 4 is 49.3 Å². The molecule has 3 aromatic heterocycles. The van der Waals surface area contributed by atoms with Gasteiger partial charge in [0.1, 0.15) is 11.2 Å². The molecule has 0 atom stereocenters. The number of aromatic nitrogens is 4. The van der Waals surface area contributed by atoms with Gasteiger partial charge in [-0.2, -0.15) is 0 Å². The number of hydrogen-bond donors (Lipinski definition) is 0. The minimum atomic E-state index is 0.619. The van der Waals surface area contributed by atoms with Gasteiger partial charge in [-0.25, -0.2) is 15.0 Å². The van der Waals surface area contributed by atoms with Gasteiger partial charge in [0.15, 0.2) is 17.5 Å². The average molecular weight is 719 g/mol. The molecule has 0 fully saturated rings. The van der Waals surface area contributed by atoms with Gasteiger partial charge in [0.05, 0.1) is 22.1 Å². The van der Waals surface area contributed by atoms with Crippen molar-refractivity contribution in [3.63, 3.8) is 0 Å². The minimum Gasteiger partial charge on any atom is -0.456 e. The van der Waals surface area contributed by atoms with Crippen LogP contribution < -0.4 is 0 Å². The first-order valence-corrected chi connectivity index (χ1v) is 19.1. The van der Waals surface area contributed by atoms with Crippen LogP contribution in [0.4, 0.5) is 0 Å². The molecule has 10 aromatic rings. The predicted molar refractivity (Wildman–Crippen MR) is 230 cm³/mol. The molecule has 0 saturated carbocycles. The van der Waals surface area contributed by atoms with Crippen molar-refractivity contribution in [2.45, 2.75) is 12.8 Å². The highest BCUT2D eigenvalue weighted by molar-refractivity contribution is 6.25. The molecule has 0 N–H and O–H groups in total. The number of nitrogens with zero attached hydrogens (tertiary/aromatic N) is 4. The molecule has 0 radical (unpaired) electrons. The molecule has 0 saturated heterocycles. The number of hydrogen-bond acceptors (Lipinski definition) is 4. The van der Waals surface area contributed by atoms with Crippen LogP contribution in [0.3, 0.4) is 0 Å². The van der Waals surface area contributed by atoms with Gasteiger partial charge < -0.3 is 8.98 Å². The molecular weight excluding hydrogens is 685 g/mol. The standard InChI is InChI=1S/C51H34N4O/c1-5-17-33(18-6-1)41-31-37(51-53-49(35-21-9-3-10-22-35)52-50(54-51)36-23-11-4-12-24-36)32-42(34-19-7-2-8-20-34)47(41)55-43-27-15-13-25-38(43)39-29-30-45-46(48(39)55)40-26-14-16-28-44(40)56-45/h1,3-7,9-32H,2,8H2. The second-order valence-electron chi connectivity index (χ2n) is 14.2. The van der Waals surface area contributed by atoms with Gasteiger partial charge in [0, 0.05) is 44.0 Å². The summed E-state index contributed by atoms with van der Waals surface area (Å²) in [4.78, 5) is 15.4. The highest BCUT2D eigenvalue weighted by Crippen LogP contribution is 2.46. The van der Waals surface area contributed by atoms with Crippen LogP contribution in [0.5, 0.6) is 0 Å². The predicted octanol–water partition coefficient (Wildman–Crippen LogP) is 13.3. The Labute approximate surface area is 323 Å². The summed E-state index contributed by atoms with van der Waals surface area (Å²) in [6.07, 6.45) is 8.89.